The van der Waals surface area contributed by atoms with Crippen LogP contribution < -0.4 is 5.32 Å². The van der Waals surface area contributed by atoms with E-state index in [4.69, 9.17) is 4.74 Å². The van der Waals surface area contributed by atoms with Crippen molar-refractivity contribution in [3.8, 4) is 0 Å². The standard InChI is InChI=1S/C23H24N4O4S/c1-2-31-20(30)9-8-19(29)27-11-10-16-18(12-27)32-23-21(16)22(24-14-25-23)26-17(13-28)15-6-4-3-5-7-15/h3-9,14,17,28H,2,10-13H2,1H3,(H,24,25,26)/b9-8+/t17-/m1/s1. The molecule has 0 radical (unpaired) electrons. The second-order valence-corrected chi connectivity index (χ2v) is 8.38. The summed E-state index contributed by atoms with van der Waals surface area (Å²) in [4.78, 5) is 36.5. The number of esters is 1. The maximum atomic E-state index is 12.5. The smallest absolute Gasteiger partial charge is 0.330 e. The molecule has 166 valence electrons. The summed E-state index contributed by atoms with van der Waals surface area (Å²) in [6, 6.07) is 9.43. The molecule has 0 bridgehead atoms. The second-order valence-electron chi connectivity index (χ2n) is 7.29. The summed E-state index contributed by atoms with van der Waals surface area (Å²) in [6.07, 6.45) is 4.59. The van der Waals surface area contributed by atoms with Crippen molar-refractivity contribution >= 4 is 39.2 Å². The minimum absolute atomic E-state index is 0.0725. The van der Waals surface area contributed by atoms with Gasteiger partial charge in [0.25, 0.3) is 0 Å². The molecule has 0 saturated carbocycles. The van der Waals surface area contributed by atoms with Gasteiger partial charge < -0.3 is 20.1 Å². The van der Waals surface area contributed by atoms with Gasteiger partial charge in [0, 0.05) is 23.6 Å². The van der Waals surface area contributed by atoms with E-state index in [0.717, 1.165) is 26.2 Å². The lowest BCUT2D eigenvalue weighted by atomic mass is 10.0. The highest BCUT2D eigenvalue weighted by Gasteiger charge is 2.26. The molecule has 3 heterocycles. The zero-order valence-electron chi connectivity index (χ0n) is 17.7. The third-order valence-electron chi connectivity index (χ3n) is 5.29. The summed E-state index contributed by atoms with van der Waals surface area (Å²) in [5.41, 5.74) is 2.09. The second kappa shape index (κ2) is 9.88. The SMILES string of the molecule is CCOC(=O)/C=C/C(=O)N1CCc2c(sc3ncnc(N[C@H](CO)c4ccccc4)c23)C1. The van der Waals surface area contributed by atoms with Crippen LogP contribution in [0.5, 0.6) is 0 Å². The number of anilines is 1. The topological polar surface area (TPSA) is 105 Å². The molecule has 1 atom stereocenters. The number of aromatic nitrogens is 2. The van der Waals surface area contributed by atoms with Gasteiger partial charge in [0.2, 0.25) is 5.91 Å². The Labute approximate surface area is 189 Å². The van der Waals surface area contributed by atoms with Gasteiger partial charge in [-0.1, -0.05) is 30.3 Å². The van der Waals surface area contributed by atoms with Crippen molar-refractivity contribution in [2.24, 2.45) is 0 Å². The molecule has 0 spiro atoms. The number of thiophene rings is 1. The van der Waals surface area contributed by atoms with Crippen molar-refractivity contribution in [2.75, 3.05) is 25.1 Å². The van der Waals surface area contributed by atoms with Crippen LogP contribution in [0.2, 0.25) is 0 Å². The normalized spacial score (nSPS) is 14.4. The zero-order chi connectivity index (χ0) is 22.5. The molecule has 9 heteroatoms. The maximum absolute atomic E-state index is 12.5. The molecular formula is C23H24N4O4S. The first-order valence-corrected chi connectivity index (χ1v) is 11.2. The molecule has 4 rings (SSSR count). The molecule has 8 nitrogen and oxygen atoms in total. The number of nitrogens with zero attached hydrogens (tertiary/aromatic N) is 3. The van der Waals surface area contributed by atoms with Crippen LogP contribution in [0.1, 0.15) is 29.0 Å². The van der Waals surface area contributed by atoms with Crippen LogP contribution in [-0.4, -0.2) is 51.6 Å². The number of carbonyl (C=O) groups is 2. The summed E-state index contributed by atoms with van der Waals surface area (Å²) in [5, 5.41) is 14.2. The van der Waals surface area contributed by atoms with Gasteiger partial charge in [-0.15, -0.1) is 11.3 Å². The zero-order valence-corrected chi connectivity index (χ0v) is 18.5. The van der Waals surface area contributed by atoms with Crippen LogP contribution in [-0.2, 0) is 27.3 Å². The summed E-state index contributed by atoms with van der Waals surface area (Å²) in [5.74, 6) is -0.0735. The van der Waals surface area contributed by atoms with E-state index in [-0.39, 0.29) is 25.2 Å². The number of amides is 1. The Morgan fingerprint density at radius 3 is 2.84 bits per heavy atom. The van der Waals surface area contributed by atoms with Crippen LogP contribution in [0.4, 0.5) is 5.82 Å². The van der Waals surface area contributed by atoms with E-state index in [2.05, 4.69) is 15.3 Å². The van der Waals surface area contributed by atoms with E-state index in [1.807, 2.05) is 30.3 Å². The fourth-order valence-corrected chi connectivity index (χ4v) is 4.95. The van der Waals surface area contributed by atoms with Crippen molar-refractivity contribution in [2.45, 2.75) is 25.9 Å². The van der Waals surface area contributed by atoms with Crippen LogP contribution in [0, 0.1) is 0 Å². The van der Waals surface area contributed by atoms with E-state index in [9.17, 15) is 14.7 Å². The van der Waals surface area contributed by atoms with E-state index >= 15 is 0 Å². The monoisotopic (exact) mass is 452 g/mol. The Hall–Kier alpha value is -3.30. The largest absolute Gasteiger partial charge is 0.463 e. The van der Waals surface area contributed by atoms with Crippen molar-refractivity contribution in [1.82, 2.24) is 14.9 Å². The van der Waals surface area contributed by atoms with E-state index in [0.29, 0.717) is 25.3 Å². The lowest BCUT2D eigenvalue weighted by molar-refractivity contribution is -0.137. The predicted octanol–water partition coefficient (Wildman–Crippen LogP) is 2.84. The molecule has 2 N–H and O–H groups in total. The maximum Gasteiger partial charge on any atom is 0.330 e. The number of aliphatic hydroxyl groups is 1. The first-order chi connectivity index (χ1) is 15.6. The first-order valence-electron chi connectivity index (χ1n) is 10.4. The molecule has 1 aliphatic rings. The highest BCUT2D eigenvalue weighted by atomic mass is 32.1. The van der Waals surface area contributed by atoms with Gasteiger partial charge in [-0.2, -0.15) is 0 Å². The predicted molar refractivity (Wildman–Crippen MR) is 122 cm³/mol. The average molecular weight is 453 g/mol. The van der Waals surface area contributed by atoms with E-state index < -0.39 is 5.97 Å². The quantitative estimate of drug-likeness (QED) is 0.420. The van der Waals surface area contributed by atoms with Gasteiger partial charge in [-0.3, -0.25) is 4.79 Å². The van der Waals surface area contributed by atoms with Crippen molar-refractivity contribution in [3.63, 3.8) is 0 Å². The number of fused-ring (bicyclic) bond motifs is 3. The van der Waals surface area contributed by atoms with Gasteiger partial charge >= 0.3 is 5.97 Å². The highest BCUT2D eigenvalue weighted by molar-refractivity contribution is 7.19. The molecule has 1 aromatic carbocycles. The number of hydrogen-bond donors (Lipinski definition) is 2. The third kappa shape index (κ3) is 4.63. The number of rotatable bonds is 7. The first kappa shape index (κ1) is 21.9. The molecule has 3 aromatic rings. The minimum Gasteiger partial charge on any atom is -0.463 e. The Morgan fingerprint density at radius 1 is 1.28 bits per heavy atom. The molecule has 1 aliphatic heterocycles. The lowest BCUT2D eigenvalue weighted by Crippen LogP contribution is -2.34. The number of hydrogen-bond acceptors (Lipinski definition) is 8. The molecular weight excluding hydrogens is 428 g/mol. The molecule has 0 aliphatic carbocycles. The minimum atomic E-state index is -0.525. The van der Waals surface area contributed by atoms with Crippen molar-refractivity contribution in [3.05, 3.63) is 64.8 Å². The average Bonchev–Trinajstić information content (AvgIpc) is 3.20. The Morgan fingerprint density at radius 2 is 2.09 bits per heavy atom. The molecule has 1 amide bonds. The summed E-state index contributed by atoms with van der Waals surface area (Å²) in [6.45, 7) is 2.89. The summed E-state index contributed by atoms with van der Waals surface area (Å²) >= 11 is 1.53. The summed E-state index contributed by atoms with van der Waals surface area (Å²) < 4.78 is 4.83. The number of benzene rings is 1. The molecule has 32 heavy (non-hydrogen) atoms. The number of nitrogens with one attached hydrogen (secondary N) is 1. The summed E-state index contributed by atoms with van der Waals surface area (Å²) in [7, 11) is 0. The molecule has 2 aromatic heterocycles. The Balaban J connectivity index is 1.57. The van der Waals surface area contributed by atoms with Crippen LogP contribution in [0.15, 0.2) is 48.8 Å². The lowest BCUT2D eigenvalue weighted by Gasteiger charge is -2.26. The van der Waals surface area contributed by atoms with Gasteiger partial charge in [-0.05, 0) is 24.5 Å². The number of carbonyl (C=O) groups excluding carboxylic acids is 2. The molecule has 0 unspecified atom stereocenters. The molecule has 0 saturated heterocycles. The van der Waals surface area contributed by atoms with Gasteiger partial charge in [0.05, 0.1) is 31.2 Å². The van der Waals surface area contributed by atoms with Crippen LogP contribution in [0.25, 0.3) is 10.2 Å². The molecule has 0 fully saturated rings. The van der Waals surface area contributed by atoms with Gasteiger partial charge in [0.1, 0.15) is 17.0 Å². The third-order valence-corrected chi connectivity index (χ3v) is 6.42. The number of ether oxygens (including phenoxy) is 1. The van der Waals surface area contributed by atoms with Crippen molar-refractivity contribution in [1.29, 1.82) is 0 Å². The fourth-order valence-electron chi connectivity index (χ4n) is 3.75. The van der Waals surface area contributed by atoms with Crippen molar-refractivity contribution < 1.29 is 19.4 Å². The van der Waals surface area contributed by atoms with E-state index in [1.54, 1.807) is 11.8 Å². The van der Waals surface area contributed by atoms with Crippen LogP contribution in [0.3, 0.4) is 0 Å². The number of aliphatic hydroxyl groups excluding tert-OH is 1. The van der Waals surface area contributed by atoms with Gasteiger partial charge in [0.15, 0.2) is 0 Å². The highest BCUT2D eigenvalue weighted by Crippen LogP contribution is 2.38. The van der Waals surface area contributed by atoms with Gasteiger partial charge in [-0.25, -0.2) is 14.8 Å². The van der Waals surface area contributed by atoms with E-state index in [1.165, 1.54) is 29.8 Å². The Kier molecular flexibility index (Phi) is 6.77. The fraction of sp³-hybridized carbons (Fsp3) is 0.304. The van der Waals surface area contributed by atoms with Crippen LogP contribution >= 0.6 is 11.3 Å². The Bertz CT molecular complexity index is 1150.